The van der Waals surface area contributed by atoms with Crippen molar-refractivity contribution < 1.29 is 9.13 Å². The minimum Gasteiger partial charge on any atom is -0.481 e. The average molecular weight is 272 g/mol. The van der Waals surface area contributed by atoms with E-state index < -0.39 is 0 Å². The molecular formula is C16H13FOS. The predicted octanol–water partition coefficient (Wildman–Crippen LogP) is 4.00. The molecule has 96 valence electrons. The number of halogens is 1. The smallest absolute Gasteiger partial charge is 0.149 e. The summed E-state index contributed by atoms with van der Waals surface area (Å²) in [6.45, 7) is 0.383. The highest BCUT2D eigenvalue weighted by Gasteiger charge is 1.92. The lowest BCUT2D eigenvalue weighted by molar-refractivity contribution is 0.370. The summed E-state index contributed by atoms with van der Waals surface area (Å²) in [6.07, 6.45) is 0. The molecule has 0 aliphatic heterocycles. The SMILES string of the molecule is Fc1ccc(SCC#CCOc2ccccc2)cc1. The van der Waals surface area contributed by atoms with Crippen LogP contribution in [-0.2, 0) is 0 Å². The summed E-state index contributed by atoms with van der Waals surface area (Å²) in [4.78, 5) is 1.01. The summed E-state index contributed by atoms with van der Waals surface area (Å²) in [6, 6.07) is 16.0. The van der Waals surface area contributed by atoms with Crippen molar-refractivity contribution >= 4 is 11.8 Å². The van der Waals surface area contributed by atoms with E-state index in [9.17, 15) is 4.39 Å². The van der Waals surface area contributed by atoms with Crippen molar-refractivity contribution in [2.45, 2.75) is 4.90 Å². The van der Waals surface area contributed by atoms with Gasteiger partial charge in [0.1, 0.15) is 18.2 Å². The Morgan fingerprint density at radius 2 is 1.68 bits per heavy atom. The molecule has 0 atom stereocenters. The lowest BCUT2D eigenvalue weighted by atomic mass is 10.3. The van der Waals surface area contributed by atoms with Gasteiger partial charge in [-0.1, -0.05) is 30.0 Å². The van der Waals surface area contributed by atoms with Crippen molar-refractivity contribution in [1.82, 2.24) is 0 Å². The van der Waals surface area contributed by atoms with Crippen LogP contribution >= 0.6 is 11.8 Å². The quantitative estimate of drug-likeness (QED) is 0.614. The van der Waals surface area contributed by atoms with Crippen LogP contribution in [0.25, 0.3) is 0 Å². The molecule has 0 unspecified atom stereocenters. The molecular weight excluding hydrogens is 259 g/mol. The summed E-state index contributed by atoms with van der Waals surface area (Å²) in [5.74, 6) is 7.24. The molecule has 0 bridgehead atoms. The van der Waals surface area contributed by atoms with Crippen LogP contribution in [0.2, 0.25) is 0 Å². The fourth-order valence-corrected chi connectivity index (χ4v) is 2.06. The molecule has 2 aromatic carbocycles. The molecule has 0 amide bonds. The summed E-state index contributed by atoms with van der Waals surface area (Å²) >= 11 is 1.58. The highest BCUT2D eigenvalue weighted by molar-refractivity contribution is 7.99. The Bertz CT molecular complexity index is 555. The van der Waals surface area contributed by atoms with Crippen LogP contribution in [0, 0.1) is 17.7 Å². The minimum absolute atomic E-state index is 0.216. The van der Waals surface area contributed by atoms with Gasteiger partial charge in [-0.2, -0.15) is 0 Å². The van der Waals surface area contributed by atoms with Gasteiger partial charge in [0, 0.05) is 4.90 Å². The van der Waals surface area contributed by atoms with Crippen LogP contribution in [0.1, 0.15) is 0 Å². The van der Waals surface area contributed by atoms with E-state index in [2.05, 4.69) is 11.8 Å². The maximum Gasteiger partial charge on any atom is 0.149 e. The molecule has 0 radical (unpaired) electrons. The van der Waals surface area contributed by atoms with E-state index in [0.29, 0.717) is 12.4 Å². The van der Waals surface area contributed by atoms with Gasteiger partial charge >= 0.3 is 0 Å². The highest BCUT2D eigenvalue weighted by atomic mass is 32.2. The van der Waals surface area contributed by atoms with Crippen molar-refractivity contribution in [3.05, 3.63) is 60.4 Å². The maximum absolute atomic E-state index is 12.7. The molecule has 3 heteroatoms. The Morgan fingerprint density at radius 1 is 0.947 bits per heavy atom. The van der Waals surface area contributed by atoms with E-state index in [0.717, 1.165) is 10.6 Å². The van der Waals surface area contributed by atoms with E-state index in [1.807, 2.05) is 30.3 Å². The number of ether oxygens (including phenoxy) is 1. The van der Waals surface area contributed by atoms with E-state index >= 15 is 0 Å². The zero-order valence-electron chi connectivity index (χ0n) is 10.3. The zero-order chi connectivity index (χ0) is 13.3. The van der Waals surface area contributed by atoms with Gasteiger partial charge < -0.3 is 4.74 Å². The van der Waals surface area contributed by atoms with Crippen LogP contribution in [0.3, 0.4) is 0 Å². The number of rotatable bonds is 4. The first-order valence-electron chi connectivity index (χ1n) is 5.86. The molecule has 0 spiro atoms. The lowest BCUT2D eigenvalue weighted by Crippen LogP contribution is -1.93. The molecule has 0 aliphatic rings. The second-order valence-corrected chi connectivity index (χ2v) is 4.75. The molecule has 1 nitrogen and oxygen atoms in total. The van der Waals surface area contributed by atoms with E-state index in [1.165, 1.54) is 12.1 Å². The number of benzene rings is 2. The summed E-state index contributed by atoms with van der Waals surface area (Å²) in [5, 5.41) is 0. The normalized spacial score (nSPS) is 9.53. The molecule has 0 aliphatic carbocycles. The van der Waals surface area contributed by atoms with Crippen molar-refractivity contribution in [1.29, 1.82) is 0 Å². The van der Waals surface area contributed by atoms with Gasteiger partial charge in [0.2, 0.25) is 0 Å². The van der Waals surface area contributed by atoms with Crippen LogP contribution in [0.5, 0.6) is 5.75 Å². The number of thioether (sulfide) groups is 1. The minimum atomic E-state index is -0.216. The van der Waals surface area contributed by atoms with Gasteiger partial charge in [-0.05, 0) is 36.4 Å². The molecule has 0 heterocycles. The number of para-hydroxylation sites is 1. The average Bonchev–Trinajstić information content (AvgIpc) is 2.46. The molecule has 0 saturated carbocycles. The van der Waals surface area contributed by atoms with Gasteiger partial charge in [0.15, 0.2) is 0 Å². The van der Waals surface area contributed by atoms with Gasteiger partial charge in [0.25, 0.3) is 0 Å². The van der Waals surface area contributed by atoms with Gasteiger partial charge in [-0.15, -0.1) is 11.8 Å². The molecule has 2 aromatic rings. The van der Waals surface area contributed by atoms with Gasteiger partial charge in [0.05, 0.1) is 5.75 Å². The van der Waals surface area contributed by atoms with Crippen LogP contribution in [-0.4, -0.2) is 12.4 Å². The number of hydrogen-bond acceptors (Lipinski definition) is 2. The molecule has 0 saturated heterocycles. The Hall–Kier alpha value is -1.92. The zero-order valence-corrected chi connectivity index (χ0v) is 11.1. The van der Waals surface area contributed by atoms with E-state index in [1.54, 1.807) is 23.9 Å². The topological polar surface area (TPSA) is 9.23 Å². The fraction of sp³-hybridized carbons (Fsp3) is 0.125. The first-order chi connectivity index (χ1) is 9.34. The standard InChI is InChI=1S/C16H13FOS/c17-14-8-10-16(11-9-14)19-13-5-4-12-18-15-6-2-1-3-7-15/h1-3,6-11H,12-13H2. The maximum atomic E-state index is 12.7. The van der Waals surface area contributed by atoms with Crippen molar-refractivity contribution in [3.63, 3.8) is 0 Å². The Kier molecular flexibility index (Phi) is 5.33. The molecule has 2 rings (SSSR count). The van der Waals surface area contributed by atoms with Crippen molar-refractivity contribution in [2.24, 2.45) is 0 Å². The largest absolute Gasteiger partial charge is 0.481 e. The Labute approximate surface area is 116 Å². The molecule has 0 fully saturated rings. The number of hydrogen-bond donors (Lipinski definition) is 0. The summed E-state index contributed by atoms with van der Waals surface area (Å²) in [7, 11) is 0. The fourth-order valence-electron chi connectivity index (χ4n) is 1.39. The van der Waals surface area contributed by atoms with Gasteiger partial charge in [-0.25, -0.2) is 4.39 Å². The second kappa shape index (κ2) is 7.50. The molecule has 0 N–H and O–H groups in total. The van der Waals surface area contributed by atoms with Crippen LogP contribution in [0.15, 0.2) is 59.5 Å². The van der Waals surface area contributed by atoms with E-state index in [4.69, 9.17) is 4.74 Å². The monoisotopic (exact) mass is 272 g/mol. The Morgan fingerprint density at radius 3 is 2.42 bits per heavy atom. The summed E-state index contributed by atoms with van der Waals surface area (Å²) < 4.78 is 18.1. The Balaban J connectivity index is 1.69. The third-order valence-corrected chi connectivity index (χ3v) is 3.20. The van der Waals surface area contributed by atoms with Crippen molar-refractivity contribution in [3.8, 4) is 17.6 Å². The van der Waals surface area contributed by atoms with Crippen molar-refractivity contribution in [2.75, 3.05) is 12.4 Å². The predicted molar refractivity (Wildman–Crippen MR) is 76.8 cm³/mol. The first kappa shape index (κ1) is 13.5. The lowest BCUT2D eigenvalue weighted by Gasteiger charge is -1.99. The second-order valence-electron chi connectivity index (χ2n) is 3.70. The molecule has 19 heavy (non-hydrogen) atoms. The third-order valence-electron chi connectivity index (χ3n) is 2.30. The first-order valence-corrected chi connectivity index (χ1v) is 6.85. The van der Waals surface area contributed by atoms with E-state index in [-0.39, 0.29) is 5.82 Å². The third kappa shape index (κ3) is 5.07. The summed E-state index contributed by atoms with van der Waals surface area (Å²) in [5.41, 5.74) is 0. The van der Waals surface area contributed by atoms with Crippen LogP contribution < -0.4 is 4.74 Å². The van der Waals surface area contributed by atoms with Crippen LogP contribution in [0.4, 0.5) is 4.39 Å². The van der Waals surface area contributed by atoms with Gasteiger partial charge in [-0.3, -0.25) is 0 Å². The molecule has 0 aromatic heterocycles. The highest BCUT2D eigenvalue weighted by Crippen LogP contribution is 2.17.